The summed E-state index contributed by atoms with van der Waals surface area (Å²) in [6.45, 7) is 3.87. The predicted octanol–water partition coefficient (Wildman–Crippen LogP) is 1.75. The molecule has 0 aromatic heterocycles. The first-order valence-electron chi connectivity index (χ1n) is 7.59. The summed E-state index contributed by atoms with van der Waals surface area (Å²) in [5.74, 6) is -0.333. The Morgan fingerprint density at radius 2 is 1.96 bits per heavy atom. The van der Waals surface area contributed by atoms with Gasteiger partial charge in [0.1, 0.15) is 0 Å². The van der Waals surface area contributed by atoms with Crippen molar-refractivity contribution >= 4 is 29.1 Å². The average molecular weight is 342 g/mol. The monoisotopic (exact) mass is 341 g/mol. The quantitative estimate of drug-likeness (QED) is 0.636. The second-order valence-electron chi connectivity index (χ2n) is 5.04. The molecule has 0 fully saturated rings. The molecule has 1 rings (SSSR count). The number of carbonyl (C=O) groups is 2. The van der Waals surface area contributed by atoms with E-state index in [4.69, 9.17) is 16.3 Å². The number of benzene rings is 1. The largest absolute Gasteiger partial charge is 0.383 e. The number of rotatable bonds is 10. The summed E-state index contributed by atoms with van der Waals surface area (Å²) in [4.78, 5) is 25.8. The van der Waals surface area contributed by atoms with E-state index in [1.165, 1.54) is 0 Å². The highest BCUT2D eigenvalue weighted by Crippen LogP contribution is 2.13. The molecule has 0 radical (unpaired) electrons. The molecule has 0 aliphatic carbocycles. The molecule has 0 atom stereocenters. The van der Waals surface area contributed by atoms with Crippen molar-refractivity contribution in [3.05, 3.63) is 29.3 Å². The molecule has 0 aliphatic rings. The number of halogens is 1. The van der Waals surface area contributed by atoms with Gasteiger partial charge in [0.25, 0.3) is 0 Å². The van der Waals surface area contributed by atoms with Gasteiger partial charge in [-0.15, -0.1) is 0 Å². The number of hydrogen-bond donors (Lipinski definition) is 2. The smallest absolute Gasteiger partial charge is 0.243 e. The fraction of sp³-hybridized carbons (Fsp3) is 0.500. The van der Waals surface area contributed by atoms with Crippen molar-refractivity contribution in [3.8, 4) is 0 Å². The van der Waals surface area contributed by atoms with Crippen molar-refractivity contribution in [1.82, 2.24) is 10.2 Å². The molecule has 23 heavy (non-hydrogen) atoms. The normalized spacial score (nSPS) is 10.4. The maximum Gasteiger partial charge on any atom is 0.243 e. The van der Waals surface area contributed by atoms with Gasteiger partial charge < -0.3 is 20.3 Å². The summed E-state index contributed by atoms with van der Waals surface area (Å²) in [5, 5.41) is 6.35. The van der Waals surface area contributed by atoms with Crippen LogP contribution in [0.5, 0.6) is 0 Å². The van der Waals surface area contributed by atoms with Gasteiger partial charge in [0, 0.05) is 30.9 Å². The predicted molar refractivity (Wildman–Crippen MR) is 91.7 cm³/mol. The van der Waals surface area contributed by atoms with E-state index in [0.717, 1.165) is 6.42 Å². The van der Waals surface area contributed by atoms with Gasteiger partial charge in [-0.1, -0.05) is 18.5 Å². The van der Waals surface area contributed by atoms with E-state index in [1.807, 2.05) is 6.92 Å². The Bertz CT molecular complexity index is 494. The minimum Gasteiger partial charge on any atom is -0.383 e. The third-order valence-electron chi connectivity index (χ3n) is 3.07. The van der Waals surface area contributed by atoms with Crippen molar-refractivity contribution in [2.24, 2.45) is 0 Å². The van der Waals surface area contributed by atoms with Crippen LogP contribution in [0.1, 0.15) is 13.3 Å². The second-order valence-corrected chi connectivity index (χ2v) is 5.48. The van der Waals surface area contributed by atoms with Gasteiger partial charge in [0.05, 0.1) is 19.7 Å². The van der Waals surface area contributed by atoms with Crippen LogP contribution in [0.25, 0.3) is 0 Å². The van der Waals surface area contributed by atoms with E-state index in [0.29, 0.717) is 30.4 Å². The molecular formula is C16H24ClN3O3. The lowest BCUT2D eigenvalue weighted by Crippen LogP contribution is -2.43. The molecule has 0 saturated heterocycles. The van der Waals surface area contributed by atoms with E-state index in [2.05, 4.69) is 10.6 Å². The molecule has 128 valence electrons. The molecule has 1 aromatic carbocycles. The molecule has 0 bridgehead atoms. The molecule has 0 spiro atoms. The summed E-state index contributed by atoms with van der Waals surface area (Å²) in [5.41, 5.74) is 0.654. The fourth-order valence-corrected chi connectivity index (χ4v) is 2.08. The second kappa shape index (κ2) is 11.0. The molecule has 0 aliphatic heterocycles. The van der Waals surface area contributed by atoms with Crippen molar-refractivity contribution in [1.29, 1.82) is 0 Å². The molecule has 0 heterocycles. The molecule has 1 aromatic rings. The SMILES string of the molecule is CCCN(CC(=O)Nc1ccc(Cl)cc1)C(=O)CNCCOC. The summed E-state index contributed by atoms with van der Waals surface area (Å²) in [7, 11) is 1.61. The maximum atomic E-state index is 12.2. The first-order valence-corrected chi connectivity index (χ1v) is 7.97. The Kier molecular flexibility index (Phi) is 9.28. The van der Waals surface area contributed by atoms with Crippen LogP contribution in [0, 0.1) is 0 Å². The third kappa shape index (κ3) is 7.97. The Hall–Kier alpha value is -1.63. The Morgan fingerprint density at radius 1 is 1.26 bits per heavy atom. The molecule has 0 saturated carbocycles. The molecule has 2 N–H and O–H groups in total. The van der Waals surface area contributed by atoms with Crippen LogP contribution in [-0.2, 0) is 14.3 Å². The summed E-state index contributed by atoms with van der Waals surface area (Å²) < 4.78 is 4.91. The first kappa shape index (κ1) is 19.4. The van der Waals surface area contributed by atoms with Gasteiger partial charge in [-0.3, -0.25) is 9.59 Å². The van der Waals surface area contributed by atoms with E-state index < -0.39 is 0 Å². The molecule has 7 heteroatoms. The lowest BCUT2D eigenvalue weighted by atomic mass is 10.3. The number of hydrogen-bond acceptors (Lipinski definition) is 4. The minimum atomic E-state index is -0.231. The standard InChI is InChI=1S/C16H24ClN3O3/c1-3-9-20(16(22)11-18-8-10-23-2)12-15(21)19-14-6-4-13(17)5-7-14/h4-7,18H,3,8-12H2,1-2H3,(H,19,21). The number of carbonyl (C=O) groups excluding carboxylic acids is 2. The zero-order valence-electron chi connectivity index (χ0n) is 13.6. The summed E-state index contributed by atoms with van der Waals surface area (Å²) in [6, 6.07) is 6.84. The molecule has 0 unspecified atom stereocenters. The van der Waals surface area contributed by atoms with E-state index >= 15 is 0 Å². The van der Waals surface area contributed by atoms with Crippen LogP contribution in [-0.4, -0.2) is 56.6 Å². The highest BCUT2D eigenvalue weighted by atomic mass is 35.5. The van der Waals surface area contributed by atoms with Crippen molar-refractivity contribution < 1.29 is 14.3 Å². The van der Waals surface area contributed by atoms with Crippen molar-refractivity contribution in [2.45, 2.75) is 13.3 Å². The van der Waals surface area contributed by atoms with Gasteiger partial charge in [0.15, 0.2) is 0 Å². The molecule has 2 amide bonds. The van der Waals surface area contributed by atoms with E-state index in [-0.39, 0.29) is 24.9 Å². The molecule has 6 nitrogen and oxygen atoms in total. The number of methoxy groups -OCH3 is 1. The van der Waals surface area contributed by atoms with Gasteiger partial charge >= 0.3 is 0 Å². The highest BCUT2D eigenvalue weighted by Gasteiger charge is 2.16. The summed E-state index contributed by atoms with van der Waals surface area (Å²) >= 11 is 5.80. The van der Waals surface area contributed by atoms with Crippen LogP contribution in [0.3, 0.4) is 0 Å². The molecular weight excluding hydrogens is 318 g/mol. The lowest BCUT2D eigenvalue weighted by Gasteiger charge is -2.22. The highest BCUT2D eigenvalue weighted by molar-refractivity contribution is 6.30. The number of nitrogens with zero attached hydrogens (tertiary/aromatic N) is 1. The van der Waals surface area contributed by atoms with Gasteiger partial charge in [-0.05, 0) is 30.7 Å². The number of amides is 2. The fourth-order valence-electron chi connectivity index (χ4n) is 1.95. The average Bonchev–Trinajstić information content (AvgIpc) is 2.53. The topological polar surface area (TPSA) is 70.7 Å². The van der Waals surface area contributed by atoms with Crippen molar-refractivity contribution in [3.63, 3.8) is 0 Å². The Labute approximate surface area is 142 Å². The van der Waals surface area contributed by atoms with Crippen LogP contribution < -0.4 is 10.6 Å². The zero-order chi connectivity index (χ0) is 17.1. The lowest BCUT2D eigenvalue weighted by molar-refractivity contribution is -0.133. The van der Waals surface area contributed by atoms with Gasteiger partial charge in [-0.2, -0.15) is 0 Å². The van der Waals surface area contributed by atoms with Crippen LogP contribution in [0.15, 0.2) is 24.3 Å². The summed E-state index contributed by atoms with van der Waals surface area (Å²) in [6.07, 6.45) is 0.790. The van der Waals surface area contributed by atoms with Crippen LogP contribution in [0.2, 0.25) is 5.02 Å². The van der Waals surface area contributed by atoms with Gasteiger partial charge in [0.2, 0.25) is 11.8 Å². The van der Waals surface area contributed by atoms with Crippen molar-refractivity contribution in [2.75, 3.05) is 45.2 Å². The van der Waals surface area contributed by atoms with E-state index in [9.17, 15) is 9.59 Å². The van der Waals surface area contributed by atoms with Crippen LogP contribution >= 0.6 is 11.6 Å². The third-order valence-corrected chi connectivity index (χ3v) is 3.32. The number of nitrogens with one attached hydrogen (secondary N) is 2. The first-order chi connectivity index (χ1) is 11.1. The number of anilines is 1. The Balaban J connectivity index is 2.48. The zero-order valence-corrected chi connectivity index (χ0v) is 14.4. The maximum absolute atomic E-state index is 12.2. The van der Waals surface area contributed by atoms with Crippen LogP contribution in [0.4, 0.5) is 5.69 Å². The number of ether oxygens (including phenoxy) is 1. The Morgan fingerprint density at radius 3 is 2.57 bits per heavy atom. The van der Waals surface area contributed by atoms with E-state index in [1.54, 1.807) is 36.3 Å². The minimum absolute atomic E-state index is 0.0290. The van der Waals surface area contributed by atoms with Gasteiger partial charge in [-0.25, -0.2) is 0 Å².